The minimum absolute atomic E-state index is 0.0309. The summed E-state index contributed by atoms with van der Waals surface area (Å²) in [5, 5.41) is 36.6. The fourth-order valence-corrected chi connectivity index (χ4v) is 14.2. The van der Waals surface area contributed by atoms with Gasteiger partial charge >= 0.3 is 0 Å². The van der Waals surface area contributed by atoms with Crippen LogP contribution in [0.15, 0.2) is 220 Å². The van der Waals surface area contributed by atoms with E-state index in [-0.39, 0.29) is 5.91 Å². The molecular formula is C85H91ClN22O4. The van der Waals surface area contributed by atoms with Crippen molar-refractivity contribution in [2.75, 3.05) is 144 Å². The number of likely N-dealkylation sites (N-methyl/N-ethyl adjacent to an activating group) is 1. The van der Waals surface area contributed by atoms with Gasteiger partial charge in [0.05, 0.1) is 127 Å². The molecule has 2 N–H and O–H groups in total. The van der Waals surface area contributed by atoms with Gasteiger partial charge in [0.2, 0.25) is 5.91 Å². The summed E-state index contributed by atoms with van der Waals surface area (Å²) in [6, 6.07) is 50.9. The first-order chi connectivity index (χ1) is 55.3. The van der Waals surface area contributed by atoms with E-state index in [4.69, 9.17) is 52.7 Å². The van der Waals surface area contributed by atoms with E-state index in [1.165, 1.54) is 16.7 Å². The van der Waals surface area contributed by atoms with Crippen LogP contribution in [-0.2, 0) is 19.0 Å². The summed E-state index contributed by atoms with van der Waals surface area (Å²) in [7, 11) is 3.74. The molecule has 1 unspecified atom stereocenters. The van der Waals surface area contributed by atoms with Gasteiger partial charge in [-0.1, -0.05) is 82.9 Å². The van der Waals surface area contributed by atoms with Crippen LogP contribution >= 0.6 is 11.6 Å². The van der Waals surface area contributed by atoms with E-state index in [1.54, 1.807) is 37.8 Å². The van der Waals surface area contributed by atoms with Crippen LogP contribution in [0.4, 0.5) is 29.1 Å². The fraction of sp³-hybridized carbons (Fsp3) is 0.282. The number of piperazine rings is 2. The van der Waals surface area contributed by atoms with Crippen molar-refractivity contribution in [2.45, 2.75) is 40.2 Å². The van der Waals surface area contributed by atoms with Gasteiger partial charge in [0.25, 0.3) is 0 Å². The van der Waals surface area contributed by atoms with Crippen molar-refractivity contribution < 1.29 is 20.4 Å². The molecule has 19 rings (SSSR count). The zero-order valence-electron chi connectivity index (χ0n) is 64.8. The molecule has 1 amide bonds. The molecule has 14 heterocycles. The van der Waals surface area contributed by atoms with Crippen LogP contribution in [0.25, 0.3) is 83.0 Å². The van der Waals surface area contributed by atoms with Crippen LogP contribution in [0.1, 0.15) is 31.4 Å². The second-order valence-corrected chi connectivity index (χ2v) is 28.3. The maximum atomic E-state index is 11.7. The molecule has 4 aliphatic heterocycles. The van der Waals surface area contributed by atoms with Gasteiger partial charge in [-0.05, 0) is 137 Å². The SMILES string of the molecule is COCCN(C)c1nn(-c2ccc(C)cc2)c2cnccc12.Cc1ccc(-n2nc(N3CCNC(=O)C3)c3ccncc32)cc1.Cc1ccc(-n2nc(N3CCOCC3C)c3ccncc32)cc1.Clc1ccc(-n2nc(N3CCNCC3)c3ccncc32)cc1.[2H]c1ccc(-n2nc(N3CCCOCC3)c3ccncc32)cc1. The van der Waals surface area contributed by atoms with Crippen molar-refractivity contribution in [2.24, 2.45) is 0 Å². The molecule has 26 nitrogen and oxygen atoms in total. The standard InChI is InChI=1S/C18H20N4O.C17H17N5O.C17H18N4O.C17H20N4O.C16H16ClN5/c1-13-3-5-15(6-4-13)22-17-11-19-8-7-16(17)18(20-22)21-9-10-23-12-14(21)2;1-12-2-4-13(5-3-12)22-15-10-18-7-6-14(15)17(20-22)21-9-8-19-16(23)11-21;1-2-5-14(6-3-1)21-16-13-18-8-7-15(16)17(19-21)20-9-4-11-22-12-10-20;1-13-4-6-14(7-5-13)21-16-12-18-9-8-15(16)17(19-21)20(2)10-11-22-3;17-12-1-3-13(4-2-12)22-15-11-19-6-5-14(15)16(20-22)21-9-7-18-8-10-21/h3-8,11,14H,9-10,12H2,1-2H3;2-7,10H,8-9,11H2,1H3,(H,19,23);1-3,5-8,13H,4,9-12H2;4-9,12H,10-11H2,1-3H3;1-6,11,18H,7-10H2/i;;1D;;. The molecule has 10 aromatic heterocycles. The minimum Gasteiger partial charge on any atom is -0.383 e. The number of hydrogen-bond acceptors (Lipinski definition) is 20. The Bertz CT molecular complexity index is 5680. The second-order valence-electron chi connectivity index (χ2n) is 27.9. The number of nitrogens with zero attached hydrogens (tertiary/aromatic N) is 20. The van der Waals surface area contributed by atoms with E-state index in [0.717, 1.165) is 209 Å². The van der Waals surface area contributed by atoms with Crippen LogP contribution in [0.2, 0.25) is 5.02 Å². The number of carbonyl (C=O) groups is 1. The summed E-state index contributed by atoms with van der Waals surface area (Å²) in [5.74, 6) is 4.81. The van der Waals surface area contributed by atoms with Crippen LogP contribution in [0, 0.1) is 20.8 Å². The molecule has 0 aliphatic carbocycles. The average Bonchev–Trinajstić information content (AvgIpc) is 1.80. The molecule has 0 saturated carbocycles. The lowest BCUT2D eigenvalue weighted by atomic mass is 10.2. The number of nitrogens with one attached hydrogen (secondary N) is 2. The van der Waals surface area contributed by atoms with E-state index < -0.39 is 0 Å². The number of aryl methyl sites for hydroxylation is 3. The highest BCUT2D eigenvalue weighted by atomic mass is 35.5. The van der Waals surface area contributed by atoms with Gasteiger partial charge in [-0.3, -0.25) is 29.7 Å². The minimum atomic E-state index is 0.0309. The van der Waals surface area contributed by atoms with Gasteiger partial charge in [-0.25, -0.2) is 23.4 Å². The first kappa shape index (κ1) is 73.9. The van der Waals surface area contributed by atoms with Crippen LogP contribution < -0.4 is 35.1 Å². The van der Waals surface area contributed by atoms with Crippen LogP contribution in [0.5, 0.6) is 0 Å². The average molecular weight is 1520 g/mol. The van der Waals surface area contributed by atoms with Crippen LogP contribution in [0.3, 0.4) is 0 Å². The van der Waals surface area contributed by atoms with E-state index in [0.29, 0.717) is 31.8 Å². The number of para-hydroxylation sites is 1. The maximum Gasteiger partial charge on any atom is 0.239 e. The molecule has 1 atom stereocenters. The van der Waals surface area contributed by atoms with Crippen LogP contribution in [-0.4, -0.2) is 205 Å². The fourth-order valence-electron chi connectivity index (χ4n) is 14.1. The number of benzene rings is 5. The molecule has 572 valence electrons. The predicted molar refractivity (Wildman–Crippen MR) is 444 cm³/mol. The summed E-state index contributed by atoms with van der Waals surface area (Å²) in [6.45, 7) is 21.2. The Hall–Kier alpha value is -12.2. The summed E-state index contributed by atoms with van der Waals surface area (Å²) < 4.78 is 33.6. The summed E-state index contributed by atoms with van der Waals surface area (Å²) in [4.78, 5) is 44.0. The number of amides is 1. The second kappa shape index (κ2) is 35.2. The zero-order valence-corrected chi connectivity index (χ0v) is 64.5. The van der Waals surface area contributed by atoms with Crippen molar-refractivity contribution in [3.8, 4) is 28.4 Å². The molecule has 5 aromatic carbocycles. The van der Waals surface area contributed by atoms with Crippen molar-refractivity contribution in [3.05, 3.63) is 241 Å². The number of methoxy groups -OCH3 is 1. The first-order valence-electron chi connectivity index (χ1n) is 38.3. The topological polar surface area (TPSA) is 239 Å². The van der Waals surface area contributed by atoms with Crippen molar-refractivity contribution in [3.63, 3.8) is 0 Å². The monoisotopic (exact) mass is 1520 g/mol. The van der Waals surface area contributed by atoms with Crippen molar-refractivity contribution in [1.29, 1.82) is 0 Å². The Labute approximate surface area is 656 Å². The third kappa shape index (κ3) is 16.9. The molecule has 4 saturated heterocycles. The molecule has 0 radical (unpaired) electrons. The zero-order chi connectivity index (χ0) is 77.7. The summed E-state index contributed by atoms with van der Waals surface area (Å²) in [6.07, 6.45) is 19.3. The number of halogens is 1. The normalized spacial score (nSPS) is 15.3. The number of pyridine rings is 5. The van der Waals surface area contributed by atoms with Gasteiger partial charge in [0.1, 0.15) is 0 Å². The van der Waals surface area contributed by atoms with Gasteiger partial charge in [0.15, 0.2) is 29.1 Å². The lowest BCUT2D eigenvalue weighted by Crippen LogP contribution is -2.47. The summed E-state index contributed by atoms with van der Waals surface area (Å²) in [5.41, 5.74) is 13.7. The van der Waals surface area contributed by atoms with Crippen molar-refractivity contribution >= 4 is 101 Å². The number of aromatic nitrogens is 15. The molecule has 4 fully saturated rings. The van der Waals surface area contributed by atoms with Gasteiger partial charge in [0, 0.05) is 149 Å². The lowest BCUT2D eigenvalue weighted by Gasteiger charge is -2.33. The molecule has 112 heavy (non-hydrogen) atoms. The highest BCUT2D eigenvalue weighted by molar-refractivity contribution is 6.30. The Morgan fingerprint density at radius 2 is 0.893 bits per heavy atom. The summed E-state index contributed by atoms with van der Waals surface area (Å²) >= 11 is 5.99. The number of rotatable bonds is 13. The van der Waals surface area contributed by atoms with E-state index in [9.17, 15) is 4.79 Å². The van der Waals surface area contributed by atoms with Gasteiger partial charge in [-0.15, -0.1) is 25.5 Å². The number of fused-ring (bicyclic) bond motifs is 5. The highest BCUT2D eigenvalue weighted by Crippen LogP contribution is 2.35. The Morgan fingerprint density at radius 1 is 0.482 bits per heavy atom. The molecule has 15 aromatic rings. The number of morpholine rings is 1. The third-order valence-electron chi connectivity index (χ3n) is 20.1. The molecule has 0 spiro atoms. The first-order valence-corrected chi connectivity index (χ1v) is 38.2. The largest absolute Gasteiger partial charge is 0.383 e. The Kier molecular flexibility index (Phi) is 23.2. The number of ether oxygens (including phenoxy) is 3. The smallest absolute Gasteiger partial charge is 0.239 e. The molecular weight excluding hydrogens is 1430 g/mol. The predicted octanol–water partition coefficient (Wildman–Crippen LogP) is 12.6. The number of hydrogen-bond donors (Lipinski definition) is 2. The van der Waals surface area contributed by atoms with Gasteiger partial charge < -0.3 is 49.3 Å². The Balaban J connectivity index is 0.000000112. The highest BCUT2D eigenvalue weighted by Gasteiger charge is 2.27. The quantitative estimate of drug-likeness (QED) is 0.109. The van der Waals surface area contributed by atoms with Gasteiger partial charge in [-0.2, -0.15) is 0 Å². The van der Waals surface area contributed by atoms with E-state index in [2.05, 4.69) is 144 Å². The molecule has 4 aliphatic rings. The molecule has 0 bridgehead atoms. The Morgan fingerprint density at radius 3 is 1.38 bits per heavy atom. The number of anilines is 5. The third-order valence-corrected chi connectivity index (χ3v) is 20.3. The van der Waals surface area contributed by atoms with Crippen molar-refractivity contribution in [1.82, 2.24) is 84.5 Å². The lowest BCUT2D eigenvalue weighted by molar-refractivity contribution is -0.120. The van der Waals surface area contributed by atoms with E-state index >= 15 is 0 Å². The van der Waals surface area contributed by atoms with E-state index in [1.807, 2.05) is 158 Å². The number of carbonyl (C=O) groups excluding carboxylic acids is 1. The maximum absolute atomic E-state index is 11.7. The molecule has 27 heteroatoms.